The number of nitriles is 1. The molecule has 32 heavy (non-hydrogen) atoms. The summed E-state index contributed by atoms with van der Waals surface area (Å²) in [6.45, 7) is 2.75. The minimum atomic E-state index is -0.117. The van der Waals surface area contributed by atoms with Crippen LogP contribution in [0.1, 0.15) is 83.4 Å². The van der Waals surface area contributed by atoms with E-state index in [1.54, 1.807) is 24.3 Å². The standard InChI is InChI=1S/C25H28N6O/c1-16-15-31-23(28-24(16)17-9-10-19(27)12-17)13-21(29-31)22-8-4-5-11-30(22)25(32)20-7-3-2-6-18(20)14-26/h2-3,6-7,13,15,17,19,22H,4-5,8-12,27H2,1H3/t17?,19-,22-/m0/s1. The number of likely N-dealkylation sites (tertiary alicyclic amines) is 1. The van der Waals surface area contributed by atoms with Crippen molar-refractivity contribution in [3.63, 3.8) is 0 Å². The maximum absolute atomic E-state index is 13.4. The SMILES string of the molecule is Cc1cn2nc([C@@H]3CCCCN3C(=O)c3ccccc3C#N)cc2nc1C1CC[C@H](N)C1. The number of hydrogen-bond donors (Lipinski definition) is 1. The van der Waals surface area contributed by atoms with Crippen LogP contribution in [0, 0.1) is 18.3 Å². The zero-order valence-electron chi connectivity index (χ0n) is 18.4. The maximum Gasteiger partial charge on any atom is 0.255 e. The Morgan fingerprint density at radius 1 is 1.22 bits per heavy atom. The molecule has 2 fully saturated rings. The average molecular weight is 429 g/mol. The quantitative estimate of drug-likeness (QED) is 0.682. The van der Waals surface area contributed by atoms with Gasteiger partial charge in [0.2, 0.25) is 0 Å². The number of carbonyl (C=O) groups excluding carboxylic acids is 1. The van der Waals surface area contributed by atoms with Crippen molar-refractivity contribution >= 4 is 11.6 Å². The third-order valence-corrected chi connectivity index (χ3v) is 6.93. The molecular formula is C25H28N6O. The van der Waals surface area contributed by atoms with Crippen LogP contribution in [0.2, 0.25) is 0 Å². The number of nitrogens with zero attached hydrogens (tertiary/aromatic N) is 5. The number of rotatable bonds is 3. The van der Waals surface area contributed by atoms with Crippen molar-refractivity contribution in [2.24, 2.45) is 5.73 Å². The summed E-state index contributed by atoms with van der Waals surface area (Å²) in [5.41, 5.74) is 10.9. The number of amides is 1. The van der Waals surface area contributed by atoms with E-state index in [4.69, 9.17) is 15.8 Å². The lowest BCUT2D eigenvalue weighted by atomic mass is 9.97. The number of nitrogens with two attached hydrogens (primary N) is 1. The number of benzene rings is 1. The third kappa shape index (κ3) is 3.65. The van der Waals surface area contributed by atoms with Crippen LogP contribution in [0.25, 0.3) is 5.65 Å². The number of piperidine rings is 1. The number of aromatic nitrogens is 3. The summed E-state index contributed by atoms with van der Waals surface area (Å²) >= 11 is 0. The zero-order valence-corrected chi connectivity index (χ0v) is 18.4. The lowest BCUT2D eigenvalue weighted by molar-refractivity contribution is 0.0605. The van der Waals surface area contributed by atoms with Gasteiger partial charge in [-0.3, -0.25) is 4.79 Å². The number of hydrogen-bond acceptors (Lipinski definition) is 5. The molecule has 7 nitrogen and oxygen atoms in total. The molecule has 0 spiro atoms. The van der Waals surface area contributed by atoms with Crippen molar-refractivity contribution in [2.45, 2.75) is 63.5 Å². The Labute approximate surface area is 187 Å². The summed E-state index contributed by atoms with van der Waals surface area (Å²) in [5, 5.41) is 14.3. The van der Waals surface area contributed by atoms with Gasteiger partial charge in [-0.25, -0.2) is 9.50 Å². The van der Waals surface area contributed by atoms with E-state index >= 15 is 0 Å². The van der Waals surface area contributed by atoms with Crippen molar-refractivity contribution in [2.75, 3.05) is 6.54 Å². The first-order valence-corrected chi connectivity index (χ1v) is 11.5. The Morgan fingerprint density at radius 3 is 2.84 bits per heavy atom. The Hall–Kier alpha value is -3.24. The minimum Gasteiger partial charge on any atom is -0.330 e. The van der Waals surface area contributed by atoms with Crippen molar-refractivity contribution < 1.29 is 4.79 Å². The molecule has 2 aromatic heterocycles. The molecule has 1 aliphatic heterocycles. The third-order valence-electron chi connectivity index (χ3n) is 6.93. The molecule has 1 saturated heterocycles. The van der Waals surface area contributed by atoms with Crippen LogP contribution in [0.4, 0.5) is 0 Å². The highest BCUT2D eigenvalue weighted by molar-refractivity contribution is 5.97. The summed E-state index contributed by atoms with van der Waals surface area (Å²) in [7, 11) is 0. The molecule has 3 atom stereocenters. The van der Waals surface area contributed by atoms with E-state index in [1.807, 2.05) is 21.7 Å². The van der Waals surface area contributed by atoms with Crippen LogP contribution < -0.4 is 5.73 Å². The second kappa shape index (κ2) is 8.36. The Kier molecular flexibility index (Phi) is 5.40. The summed E-state index contributed by atoms with van der Waals surface area (Å²) in [6, 6.07) is 11.3. The van der Waals surface area contributed by atoms with E-state index in [9.17, 15) is 10.1 Å². The predicted molar refractivity (Wildman–Crippen MR) is 121 cm³/mol. The van der Waals surface area contributed by atoms with Gasteiger partial charge in [-0.15, -0.1) is 0 Å². The van der Waals surface area contributed by atoms with Crippen molar-refractivity contribution in [1.82, 2.24) is 19.5 Å². The van der Waals surface area contributed by atoms with Crippen LogP contribution in [0.3, 0.4) is 0 Å². The summed E-state index contributed by atoms with van der Waals surface area (Å²) in [6.07, 6.45) is 8.00. The predicted octanol–water partition coefficient (Wildman–Crippen LogP) is 3.87. The molecule has 0 bridgehead atoms. The normalized spacial score (nSPS) is 23.4. The van der Waals surface area contributed by atoms with Gasteiger partial charge >= 0.3 is 0 Å². The molecular weight excluding hydrogens is 400 g/mol. The van der Waals surface area contributed by atoms with Gasteiger partial charge in [0.05, 0.1) is 34.6 Å². The van der Waals surface area contributed by atoms with E-state index in [-0.39, 0.29) is 18.0 Å². The van der Waals surface area contributed by atoms with Gasteiger partial charge < -0.3 is 10.6 Å². The van der Waals surface area contributed by atoms with E-state index in [2.05, 4.69) is 13.0 Å². The first-order chi connectivity index (χ1) is 15.5. The van der Waals surface area contributed by atoms with Gasteiger partial charge in [0.25, 0.3) is 5.91 Å². The van der Waals surface area contributed by atoms with Crippen LogP contribution >= 0.6 is 0 Å². The van der Waals surface area contributed by atoms with Gasteiger partial charge in [-0.1, -0.05) is 12.1 Å². The van der Waals surface area contributed by atoms with Crippen LogP contribution in [0.15, 0.2) is 36.5 Å². The Morgan fingerprint density at radius 2 is 2.06 bits per heavy atom. The lowest BCUT2D eigenvalue weighted by Gasteiger charge is -2.35. The van der Waals surface area contributed by atoms with Gasteiger partial charge in [0.1, 0.15) is 0 Å². The molecule has 2 N–H and O–H groups in total. The molecule has 1 amide bonds. The molecule has 2 aliphatic rings. The molecule has 1 aromatic carbocycles. The molecule has 1 unspecified atom stereocenters. The molecule has 0 radical (unpaired) electrons. The Balaban J connectivity index is 1.49. The number of aryl methyl sites for hydroxylation is 1. The topological polar surface area (TPSA) is 100 Å². The van der Waals surface area contributed by atoms with Crippen LogP contribution in [-0.2, 0) is 0 Å². The molecule has 3 aromatic rings. The maximum atomic E-state index is 13.4. The molecule has 164 valence electrons. The fourth-order valence-corrected chi connectivity index (χ4v) is 5.29. The van der Waals surface area contributed by atoms with E-state index < -0.39 is 0 Å². The molecule has 1 saturated carbocycles. The minimum absolute atomic E-state index is 0.103. The zero-order chi connectivity index (χ0) is 22.2. The van der Waals surface area contributed by atoms with Gasteiger partial charge in [-0.2, -0.15) is 10.4 Å². The molecule has 7 heteroatoms. The van der Waals surface area contributed by atoms with Crippen LogP contribution in [0.5, 0.6) is 0 Å². The summed E-state index contributed by atoms with van der Waals surface area (Å²) in [4.78, 5) is 20.2. The summed E-state index contributed by atoms with van der Waals surface area (Å²) < 4.78 is 1.84. The molecule has 1 aliphatic carbocycles. The highest BCUT2D eigenvalue weighted by Crippen LogP contribution is 2.36. The van der Waals surface area contributed by atoms with Gasteiger partial charge in [0, 0.05) is 30.8 Å². The Bertz CT molecular complexity index is 1210. The van der Waals surface area contributed by atoms with Gasteiger partial charge in [0.15, 0.2) is 5.65 Å². The second-order valence-electron chi connectivity index (χ2n) is 9.12. The molecule has 3 heterocycles. The molecule has 5 rings (SSSR count). The first-order valence-electron chi connectivity index (χ1n) is 11.5. The van der Waals surface area contributed by atoms with Crippen molar-refractivity contribution in [3.8, 4) is 6.07 Å². The average Bonchev–Trinajstić information content (AvgIpc) is 3.43. The first kappa shape index (κ1) is 20.7. The van der Waals surface area contributed by atoms with E-state index in [0.717, 1.165) is 61.1 Å². The monoisotopic (exact) mass is 428 g/mol. The number of carbonyl (C=O) groups is 1. The fraction of sp³-hybridized carbons (Fsp3) is 0.440. The fourth-order valence-electron chi connectivity index (χ4n) is 5.29. The largest absolute Gasteiger partial charge is 0.330 e. The van der Waals surface area contributed by atoms with E-state index in [0.29, 0.717) is 23.6 Å². The van der Waals surface area contributed by atoms with Crippen molar-refractivity contribution in [1.29, 1.82) is 5.26 Å². The van der Waals surface area contributed by atoms with Crippen LogP contribution in [-0.4, -0.2) is 38.0 Å². The van der Waals surface area contributed by atoms with Crippen molar-refractivity contribution in [3.05, 3.63) is 64.6 Å². The number of fused-ring (bicyclic) bond motifs is 1. The smallest absolute Gasteiger partial charge is 0.255 e. The lowest BCUT2D eigenvalue weighted by Crippen LogP contribution is -2.39. The highest BCUT2D eigenvalue weighted by atomic mass is 16.2. The summed E-state index contributed by atoms with van der Waals surface area (Å²) in [5.74, 6) is 0.303. The van der Waals surface area contributed by atoms with E-state index in [1.165, 1.54) is 0 Å². The second-order valence-corrected chi connectivity index (χ2v) is 9.12. The highest BCUT2D eigenvalue weighted by Gasteiger charge is 2.32. The van der Waals surface area contributed by atoms with Gasteiger partial charge in [-0.05, 0) is 63.1 Å².